The fourth-order valence-corrected chi connectivity index (χ4v) is 3.92. The second kappa shape index (κ2) is 5.84. The first-order valence-corrected chi connectivity index (χ1v) is 8.42. The molecule has 1 aromatic rings. The van der Waals surface area contributed by atoms with E-state index in [9.17, 15) is 0 Å². The van der Waals surface area contributed by atoms with Gasteiger partial charge in [-0.3, -0.25) is 5.43 Å². The van der Waals surface area contributed by atoms with Gasteiger partial charge in [-0.15, -0.1) is 0 Å². The van der Waals surface area contributed by atoms with Crippen molar-refractivity contribution in [2.24, 2.45) is 5.84 Å². The van der Waals surface area contributed by atoms with Gasteiger partial charge in [0.25, 0.3) is 0 Å². The number of nitrogens with two attached hydrogens (primary N) is 1. The van der Waals surface area contributed by atoms with Crippen LogP contribution in [0.3, 0.4) is 0 Å². The van der Waals surface area contributed by atoms with E-state index >= 15 is 0 Å². The van der Waals surface area contributed by atoms with Crippen molar-refractivity contribution in [3.8, 4) is 0 Å². The SMILES string of the molecule is CC1(C)CN(c2nc(NN)nc(N3CCCC3)n2)CCS1. The lowest BCUT2D eigenvalue weighted by atomic mass is 10.2. The zero-order chi connectivity index (χ0) is 14.9. The Morgan fingerprint density at radius 1 is 1.05 bits per heavy atom. The molecule has 0 unspecified atom stereocenters. The molecule has 0 spiro atoms. The molecule has 0 radical (unpaired) electrons. The molecule has 0 aromatic carbocycles. The van der Waals surface area contributed by atoms with Crippen LogP contribution in [0.5, 0.6) is 0 Å². The molecular formula is C13H23N7S. The van der Waals surface area contributed by atoms with E-state index in [1.54, 1.807) is 0 Å². The molecule has 8 heteroatoms. The number of anilines is 3. The molecule has 3 N–H and O–H groups in total. The topological polar surface area (TPSA) is 83.2 Å². The summed E-state index contributed by atoms with van der Waals surface area (Å²) in [6, 6.07) is 0. The van der Waals surface area contributed by atoms with Crippen molar-refractivity contribution < 1.29 is 0 Å². The number of nitrogen functional groups attached to an aromatic ring is 1. The average Bonchev–Trinajstić information content (AvgIpc) is 3.00. The van der Waals surface area contributed by atoms with Crippen LogP contribution in [-0.4, -0.2) is 51.6 Å². The Labute approximate surface area is 129 Å². The Balaban J connectivity index is 1.88. The van der Waals surface area contributed by atoms with Crippen molar-refractivity contribution >= 4 is 29.6 Å². The van der Waals surface area contributed by atoms with Crippen LogP contribution >= 0.6 is 11.8 Å². The highest BCUT2D eigenvalue weighted by Gasteiger charge is 2.29. The monoisotopic (exact) mass is 309 g/mol. The Kier molecular flexibility index (Phi) is 4.08. The lowest BCUT2D eigenvalue weighted by Gasteiger charge is -2.37. The van der Waals surface area contributed by atoms with Gasteiger partial charge in [-0.2, -0.15) is 26.7 Å². The number of thioether (sulfide) groups is 1. The maximum absolute atomic E-state index is 5.53. The Morgan fingerprint density at radius 2 is 1.71 bits per heavy atom. The molecule has 21 heavy (non-hydrogen) atoms. The fraction of sp³-hybridized carbons (Fsp3) is 0.769. The zero-order valence-corrected chi connectivity index (χ0v) is 13.5. The largest absolute Gasteiger partial charge is 0.341 e. The summed E-state index contributed by atoms with van der Waals surface area (Å²) in [7, 11) is 0. The van der Waals surface area contributed by atoms with E-state index < -0.39 is 0 Å². The third-order valence-corrected chi connectivity index (χ3v) is 5.14. The van der Waals surface area contributed by atoms with Gasteiger partial charge in [-0.05, 0) is 26.7 Å². The predicted molar refractivity (Wildman–Crippen MR) is 87.8 cm³/mol. The quantitative estimate of drug-likeness (QED) is 0.634. The van der Waals surface area contributed by atoms with Crippen molar-refractivity contribution in [3.63, 3.8) is 0 Å². The number of nitrogens with zero attached hydrogens (tertiary/aromatic N) is 5. The van der Waals surface area contributed by atoms with E-state index in [0.717, 1.165) is 43.8 Å². The molecule has 7 nitrogen and oxygen atoms in total. The number of rotatable bonds is 3. The summed E-state index contributed by atoms with van der Waals surface area (Å²) in [6.07, 6.45) is 2.39. The molecule has 2 saturated heterocycles. The fourth-order valence-electron chi connectivity index (χ4n) is 2.81. The summed E-state index contributed by atoms with van der Waals surface area (Å²) in [4.78, 5) is 18.0. The minimum Gasteiger partial charge on any atom is -0.341 e. The highest BCUT2D eigenvalue weighted by atomic mass is 32.2. The molecular weight excluding hydrogens is 286 g/mol. The summed E-state index contributed by atoms with van der Waals surface area (Å²) in [5, 5.41) is 0. The van der Waals surface area contributed by atoms with Gasteiger partial charge < -0.3 is 9.80 Å². The standard InChI is InChI=1S/C13H23N7S/c1-13(2)9-20(7-8-21-13)12-16-10(18-14)15-11(17-12)19-5-3-4-6-19/h3-9,14H2,1-2H3,(H,15,16,17,18). The van der Waals surface area contributed by atoms with E-state index in [2.05, 4.69) is 44.0 Å². The van der Waals surface area contributed by atoms with Crippen molar-refractivity contribution in [2.75, 3.05) is 47.2 Å². The van der Waals surface area contributed by atoms with Gasteiger partial charge in [0.1, 0.15) is 0 Å². The molecule has 3 heterocycles. The molecule has 2 fully saturated rings. The predicted octanol–water partition coefficient (Wildman–Crippen LogP) is 1.09. The van der Waals surface area contributed by atoms with Gasteiger partial charge in [0.15, 0.2) is 0 Å². The first-order chi connectivity index (χ1) is 10.1. The number of hydrogen-bond acceptors (Lipinski definition) is 8. The number of aromatic nitrogens is 3. The van der Waals surface area contributed by atoms with E-state index in [-0.39, 0.29) is 4.75 Å². The van der Waals surface area contributed by atoms with Gasteiger partial charge in [0.05, 0.1) is 0 Å². The Morgan fingerprint density at radius 3 is 2.33 bits per heavy atom. The molecule has 116 valence electrons. The molecule has 0 saturated carbocycles. The lowest BCUT2D eigenvalue weighted by Crippen LogP contribution is -2.44. The van der Waals surface area contributed by atoms with Crippen LogP contribution in [-0.2, 0) is 0 Å². The average molecular weight is 309 g/mol. The minimum absolute atomic E-state index is 0.217. The van der Waals surface area contributed by atoms with Crippen molar-refractivity contribution in [3.05, 3.63) is 0 Å². The molecule has 0 bridgehead atoms. The van der Waals surface area contributed by atoms with Gasteiger partial charge in [-0.25, -0.2) is 5.84 Å². The first kappa shape index (κ1) is 14.6. The number of hydrogen-bond donors (Lipinski definition) is 2. The summed E-state index contributed by atoms with van der Waals surface area (Å²) in [5.74, 6) is 8.52. The van der Waals surface area contributed by atoms with Crippen LogP contribution in [0, 0.1) is 0 Å². The maximum Gasteiger partial charge on any atom is 0.243 e. The molecule has 2 aliphatic rings. The van der Waals surface area contributed by atoms with Gasteiger partial charge in [-0.1, -0.05) is 0 Å². The van der Waals surface area contributed by atoms with Crippen molar-refractivity contribution in [2.45, 2.75) is 31.4 Å². The van der Waals surface area contributed by atoms with Crippen LogP contribution in [0.2, 0.25) is 0 Å². The molecule has 1 aromatic heterocycles. The van der Waals surface area contributed by atoms with Crippen LogP contribution in [0.4, 0.5) is 17.8 Å². The number of hydrazine groups is 1. The molecule has 0 amide bonds. The zero-order valence-electron chi connectivity index (χ0n) is 12.7. The van der Waals surface area contributed by atoms with Crippen LogP contribution in [0.1, 0.15) is 26.7 Å². The van der Waals surface area contributed by atoms with E-state index in [1.165, 1.54) is 12.8 Å². The first-order valence-electron chi connectivity index (χ1n) is 7.44. The van der Waals surface area contributed by atoms with Gasteiger partial charge in [0.2, 0.25) is 17.8 Å². The van der Waals surface area contributed by atoms with Crippen LogP contribution < -0.4 is 21.1 Å². The van der Waals surface area contributed by atoms with E-state index in [1.807, 2.05) is 11.8 Å². The smallest absolute Gasteiger partial charge is 0.243 e. The van der Waals surface area contributed by atoms with Gasteiger partial charge in [0, 0.05) is 36.7 Å². The van der Waals surface area contributed by atoms with Crippen molar-refractivity contribution in [1.29, 1.82) is 0 Å². The summed E-state index contributed by atoms with van der Waals surface area (Å²) in [6.45, 7) is 8.43. The number of nitrogens with one attached hydrogen (secondary N) is 1. The maximum atomic E-state index is 5.53. The highest BCUT2D eigenvalue weighted by Crippen LogP contribution is 2.31. The van der Waals surface area contributed by atoms with Crippen LogP contribution in [0.15, 0.2) is 0 Å². The summed E-state index contributed by atoms with van der Waals surface area (Å²) >= 11 is 1.99. The Hall–Kier alpha value is -1.28. The van der Waals surface area contributed by atoms with E-state index in [4.69, 9.17) is 5.84 Å². The molecule has 0 aliphatic carbocycles. The molecule has 0 atom stereocenters. The van der Waals surface area contributed by atoms with E-state index in [0.29, 0.717) is 5.95 Å². The van der Waals surface area contributed by atoms with Crippen molar-refractivity contribution in [1.82, 2.24) is 15.0 Å². The highest BCUT2D eigenvalue weighted by molar-refractivity contribution is 8.00. The molecule has 3 rings (SSSR count). The second-order valence-electron chi connectivity index (χ2n) is 6.13. The second-order valence-corrected chi connectivity index (χ2v) is 7.93. The Bertz CT molecular complexity index is 501. The summed E-state index contributed by atoms with van der Waals surface area (Å²) in [5.41, 5.74) is 2.57. The minimum atomic E-state index is 0.217. The summed E-state index contributed by atoms with van der Waals surface area (Å²) < 4.78 is 0.217. The van der Waals surface area contributed by atoms with Crippen LogP contribution in [0.25, 0.3) is 0 Å². The van der Waals surface area contributed by atoms with Gasteiger partial charge >= 0.3 is 0 Å². The molecule has 2 aliphatic heterocycles. The third kappa shape index (κ3) is 3.32. The normalized spacial score (nSPS) is 21.7. The third-order valence-electron chi connectivity index (χ3n) is 3.84. The lowest BCUT2D eigenvalue weighted by molar-refractivity contribution is 0.634.